The Morgan fingerprint density at radius 3 is 2.03 bits per heavy atom. The predicted octanol–water partition coefficient (Wildman–Crippen LogP) is 5.50. The summed E-state index contributed by atoms with van der Waals surface area (Å²) in [4.78, 5) is 28.1. The molecule has 1 amide bonds. The first-order valence-corrected chi connectivity index (χ1v) is 9.95. The van der Waals surface area contributed by atoms with Gasteiger partial charge in [-0.05, 0) is 57.2 Å². The van der Waals surface area contributed by atoms with Gasteiger partial charge in [-0.15, -0.1) is 0 Å². The maximum atomic E-state index is 11.6. The lowest BCUT2D eigenvalue weighted by Gasteiger charge is -2.19. The van der Waals surface area contributed by atoms with Gasteiger partial charge in [-0.2, -0.15) is 0 Å². The van der Waals surface area contributed by atoms with E-state index in [-0.39, 0.29) is 0 Å². The molecular formula is C21H20Cl2N6O2. The van der Waals surface area contributed by atoms with Crippen LogP contribution in [0.3, 0.4) is 0 Å². The molecule has 0 aliphatic rings. The highest BCUT2D eigenvalue weighted by atomic mass is 35.5. The quantitative estimate of drug-likeness (QED) is 0.361. The van der Waals surface area contributed by atoms with E-state index >= 15 is 0 Å². The lowest BCUT2D eigenvalue weighted by molar-refractivity contribution is 0.0636. The zero-order chi connectivity index (χ0) is 22.6. The first kappa shape index (κ1) is 22.5. The van der Waals surface area contributed by atoms with Gasteiger partial charge < -0.3 is 10.5 Å². The summed E-state index contributed by atoms with van der Waals surface area (Å²) in [6.45, 7) is 5.39. The molecular weight excluding hydrogens is 439 g/mol. The van der Waals surface area contributed by atoms with Gasteiger partial charge in [0.15, 0.2) is 0 Å². The van der Waals surface area contributed by atoms with Crippen LogP contribution in [0.25, 0.3) is 22.1 Å². The first-order valence-electron chi connectivity index (χ1n) is 9.19. The summed E-state index contributed by atoms with van der Waals surface area (Å²) < 4.78 is 5.15. The minimum atomic E-state index is -0.546. The molecule has 0 saturated heterocycles. The number of ether oxygens (including phenoxy) is 1. The van der Waals surface area contributed by atoms with Crippen molar-refractivity contribution in [3.63, 3.8) is 0 Å². The molecule has 0 unspecified atom stereocenters. The number of carbonyl (C=O) groups is 1. The average molecular weight is 459 g/mol. The van der Waals surface area contributed by atoms with Crippen LogP contribution in [0.5, 0.6) is 0 Å². The summed E-state index contributed by atoms with van der Waals surface area (Å²) in [6, 6.07) is 10.4. The van der Waals surface area contributed by atoms with Crippen molar-refractivity contribution in [1.82, 2.24) is 19.9 Å². The van der Waals surface area contributed by atoms with E-state index in [1.165, 1.54) is 0 Å². The van der Waals surface area contributed by atoms with Crippen LogP contribution < -0.4 is 11.1 Å². The minimum Gasteiger partial charge on any atom is -0.444 e. The number of hydrogen-bond donors (Lipinski definition) is 2. The second-order valence-electron chi connectivity index (χ2n) is 7.46. The SMILES string of the molecule is CC(C)(C)OC(=O)Nc1cnc2ccc(Cl)nc2c1.Nc1cnc2ccc(Cl)nc2c1. The van der Waals surface area contributed by atoms with Gasteiger partial charge in [0.05, 0.1) is 45.8 Å². The molecule has 4 rings (SSSR count). The number of nitrogens with two attached hydrogens (primary N) is 1. The Balaban J connectivity index is 0.000000194. The summed E-state index contributed by atoms with van der Waals surface area (Å²) in [7, 11) is 0. The van der Waals surface area contributed by atoms with E-state index < -0.39 is 11.7 Å². The molecule has 0 bridgehead atoms. The monoisotopic (exact) mass is 458 g/mol. The van der Waals surface area contributed by atoms with Crippen molar-refractivity contribution in [2.24, 2.45) is 0 Å². The summed E-state index contributed by atoms with van der Waals surface area (Å²) in [5.41, 5.74) is 8.93. The molecule has 4 aromatic rings. The third kappa shape index (κ3) is 6.63. The molecule has 0 aromatic carbocycles. The van der Waals surface area contributed by atoms with Crippen molar-refractivity contribution >= 4 is 62.7 Å². The first-order chi connectivity index (χ1) is 14.6. The maximum absolute atomic E-state index is 11.6. The van der Waals surface area contributed by atoms with E-state index in [0.717, 1.165) is 11.0 Å². The number of nitrogens with zero attached hydrogens (tertiary/aromatic N) is 4. The average Bonchev–Trinajstić information content (AvgIpc) is 2.66. The number of nitrogen functional groups attached to an aromatic ring is 1. The number of fused-ring (bicyclic) bond motifs is 2. The predicted molar refractivity (Wildman–Crippen MR) is 123 cm³/mol. The summed E-state index contributed by atoms with van der Waals surface area (Å²) >= 11 is 11.5. The number of rotatable bonds is 1. The summed E-state index contributed by atoms with van der Waals surface area (Å²) in [5.74, 6) is 0. The van der Waals surface area contributed by atoms with Gasteiger partial charge >= 0.3 is 6.09 Å². The third-order valence-corrected chi connectivity index (χ3v) is 4.09. The van der Waals surface area contributed by atoms with Crippen LogP contribution in [0, 0.1) is 0 Å². The number of amides is 1. The summed E-state index contributed by atoms with van der Waals surface area (Å²) in [6.07, 6.45) is 2.61. The lowest BCUT2D eigenvalue weighted by Crippen LogP contribution is -2.27. The largest absolute Gasteiger partial charge is 0.444 e. The second-order valence-corrected chi connectivity index (χ2v) is 8.24. The molecule has 4 aromatic heterocycles. The Morgan fingerprint density at radius 2 is 1.45 bits per heavy atom. The van der Waals surface area contributed by atoms with Crippen LogP contribution in [0.1, 0.15) is 20.8 Å². The van der Waals surface area contributed by atoms with Crippen molar-refractivity contribution in [3.8, 4) is 0 Å². The van der Waals surface area contributed by atoms with Gasteiger partial charge in [-0.1, -0.05) is 23.2 Å². The fraction of sp³-hybridized carbons (Fsp3) is 0.190. The number of hydrogen-bond acceptors (Lipinski definition) is 7. The van der Waals surface area contributed by atoms with Crippen molar-refractivity contribution in [2.75, 3.05) is 11.1 Å². The molecule has 4 heterocycles. The normalized spacial score (nSPS) is 11.0. The molecule has 0 spiro atoms. The van der Waals surface area contributed by atoms with Crippen LogP contribution in [-0.2, 0) is 4.74 Å². The minimum absolute atomic E-state index is 0.378. The fourth-order valence-electron chi connectivity index (χ4n) is 2.47. The molecule has 8 nitrogen and oxygen atoms in total. The number of pyridine rings is 4. The number of halogens is 2. The van der Waals surface area contributed by atoms with E-state index in [1.54, 1.807) is 63.5 Å². The van der Waals surface area contributed by atoms with E-state index in [4.69, 9.17) is 33.7 Å². The summed E-state index contributed by atoms with van der Waals surface area (Å²) in [5, 5.41) is 3.44. The Labute approximate surface area is 188 Å². The molecule has 0 fully saturated rings. The maximum Gasteiger partial charge on any atom is 0.412 e. The molecule has 0 atom stereocenters. The van der Waals surface area contributed by atoms with Crippen LogP contribution in [-0.4, -0.2) is 31.6 Å². The van der Waals surface area contributed by atoms with E-state index in [1.807, 2.05) is 6.07 Å². The Morgan fingerprint density at radius 1 is 0.903 bits per heavy atom. The highest BCUT2D eigenvalue weighted by Crippen LogP contribution is 2.18. The molecule has 0 saturated carbocycles. The number of aromatic nitrogens is 4. The molecule has 31 heavy (non-hydrogen) atoms. The van der Waals surface area contributed by atoms with E-state index in [9.17, 15) is 4.79 Å². The van der Waals surface area contributed by atoms with Crippen LogP contribution in [0.15, 0.2) is 48.8 Å². The van der Waals surface area contributed by atoms with E-state index in [0.29, 0.717) is 32.7 Å². The number of nitrogens with one attached hydrogen (secondary N) is 1. The fourth-order valence-corrected chi connectivity index (χ4v) is 2.78. The van der Waals surface area contributed by atoms with Crippen molar-refractivity contribution < 1.29 is 9.53 Å². The molecule has 0 radical (unpaired) electrons. The smallest absolute Gasteiger partial charge is 0.412 e. The van der Waals surface area contributed by atoms with Gasteiger partial charge in [-0.25, -0.2) is 14.8 Å². The molecule has 10 heteroatoms. The van der Waals surface area contributed by atoms with Crippen molar-refractivity contribution in [3.05, 3.63) is 59.1 Å². The molecule has 0 aliphatic heterocycles. The third-order valence-electron chi connectivity index (χ3n) is 3.67. The van der Waals surface area contributed by atoms with Crippen molar-refractivity contribution in [1.29, 1.82) is 0 Å². The zero-order valence-electron chi connectivity index (χ0n) is 17.1. The Bertz CT molecular complexity index is 1210. The van der Waals surface area contributed by atoms with Crippen LogP contribution in [0.2, 0.25) is 10.3 Å². The lowest BCUT2D eigenvalue weighted by atomic mass is 10.2. The molecule has 0 aliphatic carbocycles. The standard InChI is InChI=1S/C13H14ClN3O2.C8H6ClN3/c1-13(2,3)19-12(18)16-8-6-10-9(15-7-8)4-5-11(14)17-10;9-8-2-1-6-7(12-8)3-5(10)4-11-6/h4-7H,1-3H3,(H,16,18);1-4H,10H2. The zero-order valence-corrected chi connectivity index (χ0v) is 18.6. The van der Waals surface area contributed by atoms with Gasteiger partial charge in [0.1, 0.15) is 15.9 Å². The second kappa shape index (κ2) is 9.28. The van der Waals surface area contributed by atoms with Crippen LogP contribution in [0.4, 0.5) is 16.2 Å². The Hall–Kier alpha value is -3.23. The van der Waals surface area contributed by atoms with Gasteiger partial charge in [0.2, 0.25) is 0 Å². The molecule has 3 N–H and O–H groups in total. The Kier molecular flexibility index (Phi) is 6.72. The van der Waals surface area contributed by atoms with Crippen LogP contribution >= 0.6 is 23.2 Å². The highest BCUT2D eigenvalue weighted by molar-refractivity contribution is 6.30. The van der Waals surface area contributed by atoms with Crippen molar-refractivity contribution in [2.45, 2.75) is 26.4 Å². The number of carbonyl (C=O) groups excluding carboxylic acids is 1. The highest BCUT2D eigenvalue weighted by Gasteiger charge is 2.16. The molecule has 160 valence electrons. The van der Waals surface area contributed by atoms with Gasteiger partial charge in [-0.3, -0.25) is 15.3 Å². The van der Waals surface area contributed by atoms with E-state index in [2.05, 4.69) is 25.3 Å². The topological polar surface area (TPSA) is 116 Å². The van der Waals surface area contributed by atoms with Gasteiger partial charge in [0.25, 0.3) is 0 Å². The number of anilines is 2. The van der Waals surface area contributed by atoms with Gasteiger partial charge in [0, 0.05) is 0 Å².